The number of carbonyl (C=O) groups is 1. The van der Waals surface area contributed by atoms with E-state index in [2.05, 4.69) is 0 Å². The molecule has 0 spiro atoms. The Bertz CT molecular complexity index is 472. The van der Waals surface area contributed by atoms with E-state index in [1.165, 1.54) is 0 Å². The van der Waals surface area contributed by atoms with E-state index in [4.69, 9.17) is 5.11 Å². The molecule has 0 saturated heterocycles. The largest absolute Gasteiger partial charge is 0.481 e. The van der Waals surface area contributed by atoms with Crippen LogP contribution < -0.4 is 0 Å². The number of halogens is 4. The standard InChI is InChI=1S/C11H10F4O4/c12-9-5(10(19)7(16)4-8(17)18)2-1-3-6(9)11(13,14)15/h1-3,7,10,16,19H,4H2,(H,17,18). The maximum Gasteiger partial charge on any atom is 0.419 e. The van der Waals surface area contributed by atoms with E-state index >= 15 is 0 Å². The predicted molar refractivity (Wildman–Crippen MR) is 54.6 cm³/mol. The number of alkyl halides is 3. The normalized spacial score (nSPS) is 15.1. The Hall–Kier alpha value is -1.67. The molecular formula is C11H10F4O4. The van der Waals surface area contributed by atoms with Gasteiger partial charge in [-0.15, -0.1) is 0 Å². The van der Waals surface area contributed by atoms with Crippen molar-refractivity contribution in [3.05, 3.63) is 35.1 Å². The molecule has 1 aromatic rings. The lowest BCUT2D eigenvalue weighted by Gasteiger charge is -2.19. The van der Waals surface area contributed by atoms with Crippen LogP contribution in [0.25, 0.3) is 0 Å². The first-order valence-corrected chi connectivity index (χ1v) is 5.08. The van der Waals surface area contributed by atoms with Crippen molar-refractivity contribution in [2.24, 2.45) is 0 Å². The Balaban J connectivity index is 3.11. The molecule has 0 bridgehead atoms. The molecule has 0 aromatic heterocycles. The van der Waals surface area contributed by atoms with Gasteiger partial charge < -0.3 is 15.3 Å². The van der Waals surface area contributed by atoms with Crippen LogP contribution in [-0.2, 0) is 11.0 Å². The van der Waals surface area contributed by atoms with E-state index in [0.29, 0.717) is 6.07 Å². The van der Waals surface area contributed by atoms with Crippen molar-refractivity contribution in [2.75, 3.05) is 0 Å². The Labute approximate surface area is 104 Å². The Morgan fingerprint density at radius 3 is 2.32 bits per heavy atom. The highest BCUT2D eigenvalue weighted by Gasteiger charge is 2.36. The topological polar surface area (TPSA) is 77.8 Å². The number of aliphatic hydroxyl groups is 2. The first-order chi connectivity index (χ1) is 8.64. The van der Waals surface area contributed by atoms with Crippen LogP contribution in [0.5, 0.6) is 0 Å². The zero-order chi connectivity index (χ0) is 14.8. The Morgan fingerprint density at radius 2 is 1.84 bits per heavy atom. The van der Waals surface area contributed by atoms with Crippen molar-refractivity contribution in [3.8, 4) is 0 Å². The maximum absolute atomic E-state index is 13.6. The summed E-state index contributed by atoms with van der Waals surface area (Å²) < 4.78 is 50.9. The lowest BCUT2D eigenvalue weighted by molar-refractivity contribution is -0.142. The Kier molecular flexibility index (Phi) is 4.48. The quantitative estimate of drug-likeness (QED) is 0.735. The third-order valence-corrected chi connectivity index (χ3v) is 2.40. The third-order valence-electron chi connectivity index (χ3n) is 2.40. The molecule has 0 aliphatic rings. The van der Waals surface area contributed by atoms with Crippen molar-refractivity contribution in [1.29, 1.82) is 0 Å². The summed E-state index contributed by atoms with van der Waals surface area (Å²) in [5.41, 5.74) is -2.39. The molecule has 19 heavy (non-hydrogen) atoms. The van der Waals surface area contributed by atoms with E-state index in [1.54, 1.807) is 0 Å². The summed E-state index contributed by atoms with van der Waals surface area (Å²) in [4.78, 5) is 10.3. The first-order valence-electron chi connectivity index (χ1n) is 5.08. The van der Waals surface area contributed by atoms with Crippen LogP contribution >= 0.6 is 0 Å². The number of hydrogen-bond donors (Lipinski definition) is 3. The molecular weight excluding hydrogens is 272 g/mol. The van der Waals surface area contributed by atoms with Gasteiger partial charge in [-0.1, -0.05) is 12.1 Å². The van der Waals surface area contributed by atoms with Gasteiger partial charge in [0.05, 0.1) is 18.1 Å². The highest BCUT2D eigenvalue weighted by Crippen LogP contribution is 2.34. The second-order valence-corrected chi connectivity index (χ2v) is 3.82. The van der Waals surface area contributed by atoms with Gasteiger partial charge >= 0.3 is 12.1 Å². The fraction of sp³-hybridized carbons (Fsp3) is 0.364. The minimum atomic E-state index is -4.95. The minimum Gasteiger partial charge on any atom is -0.481 e. The molecule has 1 rings (SSSR count). The van der Waals surface area contributed by atoms with E-state index in [1.807, 2.05) is 0 Å². The molecule has 0 radical (unpaired) electrons. The smallest absolute Gasteiger partial charge is 0.419 e. The Morgan fingerprint density at radius 1 is 1.26 bits per heavy atom. The van der Waals surface area contributed by atoms with Gasteiger partial charge in [0.1, 0.15) is 11.9 Å². The number of aliphatic hydroxyl groups excluding tert-OH is 2. The van der Waals surface area contributed by atoms with Crippen molar-refractivity contribution in [2.45, 2.75) is 24.8 Å². The van der Waals surface area contributed by atoms with E-state index in [9.17, 15) is 32.6 Å². The zero-order valence-corrected chi connectivity index (χ0v) is 9.36. The summed E-state index contributed by atoms with van der Waals surface area (Å²) in [5, 5.41) is 27.2. The maximum atomic E-state index is 13.6. The average molecular weight is 282 g/mol. The number of carboxylic acids is 1. The fourth-order valence-corrected chi connectivity index (χ4v) is 1.49. The SMILES string of the molecule is O=C(O)CC(O)C(O)c1cccc(C(F)(F)F)c1F. The van der Waals surface area contributed by atoms with Crippen molar-refractivity contribution in [3.63, 3.8) is 0 Å². The number of aliphatic carboxylic acids is 1. The highest BCUT2D eigenvalue weighted by atomic mass is 19.4. The van der Waals surface area contributed by atoms with Gasteiger partial charge in [0, 0.05) is 5.56 Å². The molecule has 0 saturated carbocycles. The van der Waals surface area contributed by atoms with Crippen LogP contribution in [0.2, 0.25) is 0 Å². The predicted octanol–water partition coefficient (Wildman–Crippen LogP) is 1.71. The summed E-state index contributed by atoms with van der Waals surface area (Å²) in [5.74, 6) is -3.20. The van der Waals surface area contributed by atoms with Crippen molar-refractivity contribution >= 4 is 5.97 Å². The summed E-state index contributed by atoms with van der Waals surface area (Å²) in [6.07, 6.45) is -9.83. The summed E-state index contributed by atoms with van der Waals surface area (Å²) in [6, 6.07) is 2.19. The molecule has 8 heteroatoms. The highest BCUT2D eigenvalue weighted by molar-refractivity contribution is 5.67. The lowest BCUT2D eigenvalue weighted by Crippen LogP contribution is -2.23. The number of rotatable bonds is 4. The molecule has 1 aromatic carbocycles. The third kappa shape index (κ3) is 3.65. The monoisotopic (exact) mass is 282 g/mol. The molecule has 0 aliphatic carbocycles. The van der Waals surface area contributed by atoms with E-state index in [0.717, 1.165) is 12.1 Å². The fourth-order valence-electron chi connectivity index (χ4n) is 1.49. The minimum absolute atomic E-state index is 0.481. The van der Waals surface area contributed by atoms with Gasteiger partial charge in [0.2, 0.25) is 0 Å². The van der Waals surface area contributed by atoms with Crippen LogP contribution in [0.1, 0.15) is 23.7 Å². The van der Waals surface area contributed by atoms with Gasteiger partial charge in [-0.05, 0) is 6.07 Å². The average Bonchev–Trinajstić information content (AvgIpc) is 2.25. The van der Waals surface area contributed by atoms with Crippen LogP contribution in [0.4, 0.5) is 17.6 Å². The summed E-state index contributed by atoms with van der Waals surface area (Å²) in [7, 11) is 0. The molecule has 3 N–H and O–H groups in total. The molecule has 2 unspecified atom stereocenters. The second-order valence-electron chi connectivity index (χ2n) is 3.82. The molecule has 106 valence electrons. The number of carboxylic acid groups (broad SMARTS) is 1. The van der Waals surface area contributed by atoms with Crippen molar-refractivity contribution in [1.82, 2.24) is 0 Å². The molecule has 0 amide bonds. The summed E-state index contributed by atoms with van der Waals surface area (Å²) >= 11 is 0. The van der Waals surface area contributed by atoms with Crippen LogP contribution in [0, 0.1) is 5.82 Å². The van der Waals surface area contributed by atoms with Gasteiger partial charge in [-0.25, -0.2) is 4.39 Å². The number of benzene rings is 1. The number of hydrogen-bond acceptors (Lipinski definition) is 3. The molecule has 0 fully saturated rings. The van der Waals surface area contributed by atoms with Gasteiger partial charge in [0.25, 0.3) is 0 Å². The van der Waals surface area contributed by atoms with Gasteiger partial charge in [-0.3, -0.25) is 4.79 Å². The van der Waals surface area contributed by atoms with Crippen LogP contribution in [-0.4, -0.2) is 27.4 Å². The first kappa shape index (κ1) is 15.4. The second kappa shape index (κ2) is 5.54. The summed E-state index contributed by atoms with van der Waals surface area (Å²) in [6.45, 7) is 0. The lowest BCUT2D eigenvalue weighted by atomic mass is 9.99. The van der Waals surface area contributed by atoms with Gasteiger partial charge in [0.15, 0.2) is 0 Å². The molecule has 0 heterocycles. The molecule has 2 atom stereocenters. The van der Waals surface area contributed by atoms with E-state index in [-0.39, 0.29) is 0 Å². The van der Waals surface area contributed by atoms with Crippen LogP contribution in [0.3, 0.4) is 0 Å². The van der Waals surface area contributed by atoms with Crippen molar-refractivity contribution < 1.29 is 37.7 Å². The molecule has 4 nitrogen and oxygen atoms in total. The van der Waals surface area contributed by atoms with E-state index < -0.39 is 47.7 Å². The van der Waals surface area contributed by atoms with Crippen LogP contribution in [0.15, 0.2) is 18.2 Å². The molecule has 0 aliphatic heterocycles. The van der Waals surface area contributed by atoms with Gasteiger partial charge in [-0.2, -0.15) is 13.2 Å². The zero-order valence-electron chi connectivity index (χ0n) is 9.36.